The van der Waals surface area contributed by atoms with Crippen molar-refractivity contribution in [1.82, 2.24) is 4.90 Å². The van der Waals surface area contributed by atoms with Crippen molar-refractivity contribution < 1.29 is 4.92 Å². The van der Waals surface area contributed by atoms with E-state index in [1.54, 1.807) is 12.1 Å². The highest BCUT2D eigenvalue weighted by atomic mass is 16.6. The maximum absolute atomic E-state index is 10.7. The van der Waals surface area contributed by atoms with Crippen LogP contribution in [0.3, 0.4) is 0 Å². The number of nitrogens with zero attached hydrogens (tertiary/aromatic N) is 2. The second-order valence-electron chi connectivity index (χ2n) is 5.38. The van der Waals surface area contributed by atoms with Gasteiger partial charge in [0.05, 0.1) is 4.92 Å². The van der Waals surface area contributed by atoms with E-state index in [1.807, 2.05) is 0 Å². The van der Waals surface area contributed by atoms with Gasteiger partial charge >= 0.3 is 0 Å². The molecule has 20 heavy (non-hydrogen) atoms. The van der Waals surface area contributed by atoms with Crippen LogP contribution in [0.15, 0.2) is 18.2 Å². The number of benzene rings is 1. The molecule has 1 saturated carbocycles. The van der Waals surface area contributed by atoms with Gasteiger partial charge in [0.25, 0.3) is 5.69 Å². The van der Waals surface area contributed by atoms with Gasteiger partial charge in [-0.25, -0.2) is 0 Å². The Morgan fingerprint density at radius 3 is 2.75 bits per heavy atom. The van der Waals surface area contributed by atoms with E-state index in [2.05, 4.69) is 17.3 Å². The Morgan fingerprint density at radius 2 is 2.15 bits per heavy atom. The summed E-state index contributed by atoms with van der Waals surface area (Å²) in [5.74, 6) is 0. The van der Waals surface area contributed by atoms with Crippen LogP contribution in [-0.4, -0.2) is 36.0 Å². The summed E-state index contributed by atoms with van der Waals surface area (Å²) in [6.07, 6.45) is 5.25. The van der Waals surface area contributed by atoms with E-state index < -0.39 is 4.92 Å². The number of nitro benzene ring substituents is 1. The Bertz CT molecular complexity index is 472. The van der Waals surface area contributed by atoms with Gasteiger partial charge in [-0.2, -0.15) is 0 Å². The molecule has 0 bridgehead atoms. The number of rotatable bonds is 6. The Labute approximate surface area is 119 Å². The molecule has 0 heterocycles. The average Bonchev–Trinajstić information content (AvgIpc) is 2.92. The van der Waals surface area contributed by atoms with Crippen molar-refractivity contribution in [1.29, 1.82) is 0 Å². The van der Waals surface area contributed by atoms with E-state index >= 15 is 0 Å². The highest BCUT2D eigenvalue weighted by Crippen LogP contribution is 2.25. The molecule has 110 valence electrons. The first-order valence-corrected chi connectivity index (χ1v) is 7.06. The van der Waals surface area contributed by atoms with Gasteiger partial charge < -0.3 is 16.0 Å². The summed E-state index contributed by atoms with van der Waals surface area (Å²) in [5, 5.41) is 13.9. The van der Waals surface area contributed by atoms with Gasteiger partial charge in [-0.1, -0.05) is 12.8 Å². The summed E-state index contributed by atoms with van der Waals surface area (Å²) in [6.45, 7) is 1.77. The van der Waals surface area contributed by atoms with Crippen LogP contribution < -0.4 is 11.1 Å². The molecule has 0 unspecified atom stereocenters. The molecule has 0 radical (unpaired) electrons. The number of nitrogens with one attached hydrogen (secondary N) is 1. The van der Waals surface area contributed by atoms with Crippen LogP contribution in [0.2, 0.25) is 0 Å². The van der Waals surface area contributed by atoms with E-state index in [9.17, 15) is 10.1 Å². The zero-order valence-corrected chi connectivity index (χ0v) is 11.8. The van der Waals surface area contributed by atoms with Gasteiger partial charge in [0.15, 0.2) is 0 Å². The van der Waals surface area contributed by atoms with Gasteiger partial charge in [0.1, 0.15) is 5.69 Å². The summed E-state index contributed by atoms with van der Waals surface area (Å²) >= 11 is 0. The van der Waals surface area contributed by atoms with Gasteiger partial charge in [0, 0.05) is 30.9 Å². The summed E-state index contributed by atoms with van der Waals surface area (Å²) in [4.78, 5) is 12.6. The van der Waals surface area contributed by atoms with E-state index in [0.717, 1.165) is 18.8 Å². The Balaban J connectivity index is 1.82. The molecule has 1 aliphatic carbocycles. The lowest BCUT2D eigenvalue weighted by atomic mass is 10.2. The number of hydrogen-bond donors (Lipinski definition) is 2. The molecule has 6 nitrogen and oxygen atoms in total. The smallest absolute Gasteiger partial charge is 0.292 e. The zero-order valence-electron chi connectivity index (χ0n) is 11.8. The fourth-order valence-corrected chi connectivity index (χ4v) is 2.73. The van der Waals surface area contributed by atoms with Gasteiger partial charge in [-0.3, -0.25) is 10.1 Å². The largest absolute Gasteiger partial charge is 0.393 e. The molecule has 1 aromatic rings. The van der Waals surface area contributed by atoms with Crippen molar-refractivity contribution in [2.75, 3.05) is 31.2 Å². The molecular formula is C14H22N4O2. The predicted molar refractivity (Wildman–Crippen MR) is 80.9 cm³/mol. The molecule has 6 heteroatoms. The van der Waals surface area contributed by atoms with E-state index in [-0.39, 0.29) is 11.4 Å². The molecule has 0 saturated heterocycles. The lowest BCUT2D eigenvalue weighted by molar-refractivity contribution is -0.383. The lowest BCUT2D eigenvalue weighted by Gasteiger charge is -2.24. The third-order valence-corrected chi connectivity index (χ3v) is 3.97. The van der Waals surface area contributed by atoms with Crippen molar-refractivity contribution in [3.8, 4) is 0 Å². The quantitative estimate of drug-likeness (QED) is 0.474. The maximum atomic E-state index is 10.7. The van der Waals surface area contributed by atoms with Crippen molar-refractivity contribution in [3.05, 3.63) is 28.3 Å². The topological polar surface area (TPSA) is 84.4 Å². The van der Waals surface area contributed by atoms with Crippen LogP contribution >= 0.6 is 0 Å². The molecule has 0 aromatic heterocycles. The minimum Gasteiger partial charge on any atom is -0.393 e. The van der Waals surface area contributed by atoms with Crippen molar-refractivity contribution >= 4 is 17.1 Å². The van der Waals surface area contributed by atoms with E-state index in [1.165, 1.54) is 31.7 Å². The highest BCUT2D eigenvalue weighted by molar-refractivity contribution is 5.65. The third kappa shape index (κ3) is 3.60. The number of nitrogen functional groups attached to an aromatic ring is 1. The Kier molecular flexibility index (Phi) is 4.79. The zero-order chi connectivity index (χ0) is 14.5. The maximum Gasteiger partial charge on any atom is 0.292 e. The van der Waals surface area contributed by atoms with Gasteiger partial charge in [-0.15, -0.1) is 0 Å². The van der Waals surface area contributed by atoms with Gasteiger partial charge in [0.2, 0.25) is 0 Å². The summed E-state index contributed by atoms with van der Waals surface area (Å²) in [7, 11) is 2.15. The van der Waals surface area contributed by atoms with E-state index in [0.29, 0.717) is 6.04 Å². The number of likely N-dealkylation sites (N-methyl/N-ethyl adjacent to an activating group) is 1. The standard InChI is InChI=1S/C14H22N4O2/c1-17(12-4-2-3-5-12)9-8-16-11-6-7-14(18(19)20)13(15)10-11/h6-7,10,12,16H,2-5,8-9,15H2,1H3. The van der Waals surface area contributed by atoms with Crippen molar-refractivity contribution in [3.63, 3.8) is 0 Å². The Hall–Kier alpha value is -1.82. The molecule has 2 rings (SSSR count). The van der Waals surface area contributed by atoms with Crippen LogP contribution in [0.4, 0.5) is 17.1 Å². The van der Waals surface area contributed by atoms with Crippen LogP contribution in [0, 0.1) is 10.1 Å². The second-order valence-corrected chi connectivity index (χ2v) is 5.38. The summed E-state index contributed by atoms with van der Waals surface area (Å²) in [5.41, 5.74) is 6.64. The first kappa shape index (κ1) is 14.6. The van der Waals surface area contributed by atoms with E-state index in [4.69, 9.17) is 5.73 Å². The minimum absolute atomic E-state index is 0.0429. The van der Waals surface area contributed by atoms with Crippen LogP contribution in [0.5, 0.6) is 0 Å². The van der Waals surface area contributed by atoms with Crippen molar-refractivity contribution in [2.24, 2.45) is 0 Å². The molecule has 1 aliphatic rings. The second kappa shape index (κ2) is 6.56. The number of hydrogen-bond acceptors (Lipinski definition) is 5. The molecule has 0 spiro atoms. The minimum atomic E-state index is -0.465. The molecule has 0 atom stereocenters. The number of nitro groups is 1. The van der Waals surface area contributed by atoms with Crippen LogP contribution in [0.1, 0.15) is 25.7 Å². The average molecular weight is 278 g/mol. The normalized spacial score (nSPS) is 15.7. The fourth-order valence-electron chi connectivity index (χ4n) is 2.73. The molecule has 1 aromatic carbocycles. The summed E-state index contributed by atoms with van der Waals surface area (Å²) < 4.78 is 0. The Morgan fingerprint density at radius 1 is 1.45 bits per heavy atom. The predicted octanol–water partition coefficient (Wildman–Crippen LogP) is 2.46. The third-order valence-electron chi connectivity index (χ3n) is 3.97. The molecule has 0 amide bonds. The summed E-state index contributed by atoms with van der Waals surface area (Å²) in [6, 6.07) is 5.47. The first-order chi connectivity index (χ1) is 9.58. The highest BCUT2D eigenvalue weighted by Gasteiger charge is 2.18. The first-order valence-electron chi connectivity index (χ1n) is 7.06. The monoisotopic (exact) mass is 278 g/mol. The molecule has 3 N–H and O–H groups in total. The SMILES string of the molecule is CN(CCNc1ccc([N+](=O)[O-])c(N)c1)C1CCCC1. The molecular weight excluding hydrogens is 256 g/mol. The van der Waals surface area contributed by atoms with Crippen LogP contribution in [0.25, 0.3) is 0 Å². The van der Waals surface area contributed by atoms with Crippen LogP contribution in [-0.2, 0) is 0 Å². The van der Waals surface area contributed by atoms with Gasteiger partial charge in [-0.05, 0) is 32.0 Å². The molecule has 0 aliphatic heterocycles. The lowest BCUT2D eigenvalue weighted by Crippen LogP contribution is -2.33. The van der Waals surface area contributed by atoms with Crippen molar-refractivity contribution in [2.45, 2.75) is 31.7 Å². The molecule has 1 fully saturated rings. The number of anilines is 2. The fraction of sp³-hybridized carbons (Fsp3) is 0.571. The number of nitrogens with two attached hydrogens (primary N) is 1.